The standard InChI is InChI=1S/C46H29N3O2/c1-2-8-29(9-3-1)45-48-44(39-27-46(39,49-45)34-15-17-43-38(26-34)36-11-5-7-13-41(36)51-43)33-23-31(28-18-20-47-21-19-28)22-32(24-33)30-14-16-42-37(25-30)35-10-4-6-12-40(35)50-42/h1-26,39H,27H2. The van der Waals surface area contributed by atoms with Crippen LogP contribution in [-0.4, -0.2) is 16.5 Å². The molecule has 0 N–H and O–H groups in total. The molecule has 4 heterocycles. The van der Waals surface area contributed by atoms with Crippen molar-refractivity contribution in [3.05, 3.63) is 175 Å². The van der Waals surface area contributed by atoms with Crippen LogP contribution < -0.4 is 0 Å². The molecule has 240 valence electrons. The maximum atomic E-state index is 6.21. The van der Waals surface area contributed by atoms with E-state index in [0.29, 0.717) is 0 Å². The van der Waals surface area contributed by atoms with E-state index < -0.39 is 5.54 Å². The van der Waals surface area contributed by atoms with Crippen molar-refractivity contribution < 1.29 is 8.83 Å². The lowest BCUT2D eigenvalue weighted by Gasteiger charge is -2.22. The van der Waals surface area contributed by atoms with Crippen LogP contribution in [0, 0.1) is 5.92 Å². The molecule has 1 aliphatic heterocycles. The van der Waals surface area contributed by atoms with Gasteiger partial charge in [-0.25, -0.2) is 4.99 Å². The van der Waals surface area contributed by atoms with Gasteiger partial charge in [0, 0.05) is 45.4 Å². The summed E-state index contributed by atoms with van der Waals surface area (Å²) in [5, 5.41) is 4.46. The Morgan fingerprint density at radius 3 is 1.82 bits per heavy atom. The second-order valence-corrected chi connectivity index (χ2v) is 13.6. The van der Waals surface area contributed by atoms with Crippen molar-refractivity contribution >= 4 is 55.4 Å². The van der Waals surface area contributed by atoms with E-state index in [2.05, 4.69) is 120 Å². The fourth-order valence-corrected chi connectivity index (χ4v) is 8.02. The van der Waals surface area contributed by atoms with Gasteiger partial charge >= 0.3 is 0 Å². The molecule has 0 spiro atoms. The first-order chi connectivity index (χ1) is 25.2. The molecule has 0 radical (unpaired) electrons. The third-order valence-electron chi connectivity index (χ3n) is 10.7. The highest BCUT2D eigenvalue weighted by atomic mass is 16.3. The molecule has 2 aliphatic rings. The number of rotatable bonds is 5. The van der Waals surface area contributed by atoms with Crippen molar-refractivity contribution in [1.29, 1.82) is 0 Å². The van der Waals surface area contributed by atoms with Crippen molar-refractivity contribution in [3.63, 3.8) is 0 Å². The molecule has 1 saturated carbocycles. The first-order valence-electron chi connectivity index (χ1n) is 17.3. The van der Waals surface area contributed by atoms with Crippen molar-refractivity contribution in [3.8, 4) is 22.3 Å². The largest absolute Gasteiger partial charge is 0.456 e. The van der Waals surface area contributed by atoms with Crippen molar-refractivity contribution in [2.24, 2.45) is 15.9 Å². The Hall–Kier alpha value is -6.59. The molecule has 1 fully saturated rings. The van der Waals surface area contributed by atoms with Crippen LogP contribution in [0.4, 0.5) is 0 Å². The molecule has 6 aromatic carbocycles. The Morgan fingerprint density at radius 1 is 0.471 bits per heavy atom. The molecule has 1 aliphatic carbocycles. The lowest BCUT2D eigenvalue weighted by Crippen LogP contribution is -2.23. The minimum atomic E-state index is -0.420. The number of pyridine rings is 1. The van der Waals surface area contributed by atoms with Crippen LogP contribution in [-0.2, 0) is 5.54 Å². The third-order valence-corrected chi connectivity index (χ3v) is 10.7. The Balaban J connectivity index is 1.10. The number of aliphatic imine (C=N–C) groups is 2. The summed E-state index contributed by atoms with van der Waals surface area (Å²) in [5.41, 5.74) is 12.0. The number of hydrogen-bond acceptors (Lipinski definition) is 5. The summed E-state index contributed by atoms with van der Waals surface area (Å²) in [6.45, 7) is 0. The van der Waals surface area contributed by atoms with Gasteiger partial charge in [0.1, 0.15) is 22.3 Å². The van der Waals surface area contributed by atoms with Crippen LogP contribution in [0.5, 0.6) is 0 Å². The molecule has 2 atom stereocenters. The van der Waals surface area contributed by atoms with Gasteiger partial charge in [0.05, 0.1) is 11.3 Å². The molecule has 9 aromatic rings. The number of hydrogen-bond donors (Lipinski definition) is 0. The summed E-state index contributed by atoms with van der Waals surface area (Å²) >= 11 is 0. The van der Waals surface area contributed by atoms with Crippen LogP contribution in [0.1, 0.15) is 23.1 Å². The molecule has 3 aromatic heterocycles. The van der Waals surface area contributed by atoms with E-state index in [9.17, 15) is 0 Å². The fraction of sp³-hybridized carbons (Fsp3) is 0.0652. The summed E-state index contributed by atoms with van der Waals surface area (Å²) in [6.07, 6.45) is 4.59. The van der Waals surface area contributed by atoms with E-state index in [1.165, 1.54) is 5.56 Å². The molecule has 0 bridgehead atoms. The zero-order valence-corrected chi connectivity index (χ0v) is 27.5. The summed E-state index contributed by atoms with van der Waals surface area (Å²) < 4.78 is 12.4. The van der Waals surface area contributed by atoms with Gasteiger partial charge in [0.15, 0.2) is 5.84 Å². The van der Waals surface area contributed by atoms with Gasteiger partial charge in [-0.05, 0) is 107 Å². The second-order valence-electron chi connectivity index (χ2n) is 13.6. The van der Waals surface area contributed by atoms with Gasteiger partial charge in [-0.15, -0.1) is 0 Å². The smallest absolute Gasteiger partial charge is 0.155 e. The van der Waals surface area contributed by atoms with Crippen molar-refractivity contribution in [1.82, 2.24) is 4.98 Å². The zero-order valence-electron chi connectivity index (χ0n) is 27.5. The first-order valence-corrected chi connectivity index (χ1v) is 17.3. The molecule has 51 heavy (non-hydrogen) atoms. The van der Waals surface area contributed by atoms with E-state index >= 15 is 0 Å². The Morgan fingerprint density at radius 2 is 1.08 bits per heavy atom. The monoisotopic (exact) mass is 655 g/mol. The molecule has 11 rings (SSSR count). The van der Waals surface area contributed by atoms with Crippen LogP contribution in [0.2, 0.25) is 0 Å². The SMILES string of the molecule is c1ccc(C2=NC3(c4ccc5oc6ccccc6c5c4)CC3C(c3cc(-c4ccncc4)cc(-c4ccc5oc6ccccc6c5c4)c3)=N2)cc1. The van der Waals surface area contributed by atoms with Crippen LogP contribution in [0.25, 0.3) is 66.1 Å². The van der Waals surface area contributed by atoms with Gasteiger partial charge in [-0.2, -0.15) is 0 Å². The normalized spacial score (nSPS) is 18.2. The zero-order chi connectivity index (χ0) is 33.5. The van der Waals surface area contributed by atoms with Crippen LogP contribution >= 0.6 is 0 Å². The Kier molecular flexibility index (Phi) is 5.93. The average Bonchev–Trinajstić information content (AvgIpc) is 3.67. The Bertz CT molecular complexity index is 2900. The summed E-state index contributed by atoms with van der Waals surface area (Å²) in [6, 6.07) is 50.9. The number of furan rings is 2. The highest BCUT2D eigenvalue weighted by molar-refractivity contribution is 6.18. The van der Waals surface area contributed by atoms with Crippen LogP contribution in [0.15, 0.2) is 177 Å². The fourth-order valence-electron chi connectivity index (χ4n) is 8.02. The highest BCUT2D eigenvalue weighted by Gasteiger charge is 2.60. The lowest BCUT2D eigenvalue weighted by atomic mass is 9.90. The minimum absolute atomic E-state index is 0.126. The molecular weight excluding hydrogens is 627 g/mol. The first kappa shape index (κ1) is 28.3. The van der Waals surface area contributed by atoms with Gasteiger partial charge in [-0.3, -0.25) is 9.98 Å². The topological polar surface area (TPSA) is 63.9 Å². The maximum absolute atomic E-state index is 6.21. The number of fused-ring (bicyclic) bond motifs is 7. The average molecular weight is 656 g/mol. The minimum Gasteiger partial charge on any atom is -0.456 e. The van der Waals surface area contributed by atoms with Gasteiger partial charge < -0.3 is 8.83 Å². The van der Waals surface area contributed by atoms with Gasteiger partial charge in [0.25, 0.3) is 0 Å². The van der Waals surface area contributed by atoms with Crippen molar-refractivity contribution in [2.75, 3.05) is 0 Å². The molecule has 2 unspecified atom stereocenters. The van der Waals surface area contributed by atoms with E-state index in [0.717, 1.165) is 95.2 Å². The second kappa shape index (κ2) is 10.7. The number of nitrogens with zero attached hydrogens (tertiary/aromatic N) is 3. The van der Waals surface area contributed by atoms with Gasteiger partial charge in [0.2, 0.25) is 0 Å². The van der Waals surface area contributed by atoms with Crippen molar-refractivity contribution in [2.45, 2.75) is 12.0 Å². The Labute approximate surface area is 293 Å². The molecule has 0 amide bonds. The van der Waals surface area contributed by atoms with E-state index in [-0.39, 0.29) is 5.92 Å². The quantitative estimate of drug-likeness (QED) is 0.185. The number of amidine groups is 1. The van der Waals surface area contributed by atoms with Gasteiger partial charge in [-0.1, -0.05) is 78.9 Å². The summed E-state index contributed by atoms with van der Waals surface area (Å²) in [4.78, 5) is 15.2. The van der Waals surface area contributed by atoms with E-state index in [4.69, 9.17) is 18.8 Å². The molecule has 5 heteroatoms. The van der Waals surface area contributed by atoms with E-state index in [1.807, 2.05) is 42.7 Å². The number of para-hydroxylation sites is 2. The number of aromatic nitrogens is 1. The lowest BCUT2D eigenvalue weighted by molar-refractivity contribution is 0.666. The molecular formula is C46H29N3O2. The molecule has 5 nitrogen and oxygen atoms in total. The third kappa shape index (κ3) is 4.44. The summed E-state index contributed by atoms with van der Waals surface area (Å²) in [5.74, 6) is 0.889. The summed E-state index contributed by atoms with van der Waals surface area (Å²) in [7, 11) is 0. The number of benzene rings is 6. The van der Waals surface area contributed by atoms with E-state index in [1.54, 1.807) is 0 Å². The molecule has 0 saturated heterocycles. The predicted octanol–water partition coefficient (Wildman–Crippen LogP) is 11.4. The van der Waals surface area contributed by atoms with Crippen LogP contribution in [0.3, 0.4) is 0 Å². The highest BCUT2D eigenvalue weighted by Crippen LogP contribution is 2.59. The predicted molar refractivity (Wildman–Crippen MR) is 205 cm³/mol. The maximum Gasteiger partial charge on any atom is 0.155 e.